The van der Waals surface area contributed by atoms with Crippen LogP contribution in [0.2, 0.25) is 0 Å². The number of carbonyl (C=O) groups excluding carboxylic acids is 1. The second-order valence-corrected chi connectivity index (χ2v) is 8.46. The molecular formula is C21H31N3O6S. The fourth-order valence-corrected chi connectivity index (χ4v) is 2.92. The molecule has 0 aliphatic carbocycles. The lowest BCUT2D eigenvalue weighted by Crippen LogP contribution is -2.11. The van der Waals surface area contributed by atoms with Crippen LogP contribution in [0.25, 0.3) is 0 Å². The molecule has 0 saturated carbocycles. The summed E-state index contributed by atoms with van der Waals surface area (Å²) in [6.45, 7) is 4.18. The van der Waals surface area contributed by atoms with E-state index in [4.69, 9.17) is 25.5 Å². The van der Waals surface area contributed by atoms with Crippen molar-refractivity contribution < 1.29 is 27.2 Å². The maximum absolute atomic E-state index is 11.1. The van der Waals surface area contributed by atoms with Crippen molar-refractivity contribution in [2.45, 2.75) is 46.0 Å². The number of primary amides is 1. The molecule has 2 rings (SSSR count). The predicted molar refractivity (Wildman–Crippen MR) is 120 cm³/mol. The number of hydrogen-bond acceptors (Lipinski definition) is 7. The number of nitrogen functional groups attached to an aromatic ring is 1. The molecule has 0 bridgehead atoms. The summed E-state index contributed by atoms with van der Waals surface area (Å²) in [7, 11) is -2.06. The number of nitrogens with two attached hydrogens (primary N) is 2. The molecule has 5 N–H and O–H groups in total. The Bertz CT molecular complexity index is 968. The lowest BCUT2D eigenvalue weighted by Gasteiger charge is -2.17. The molecule has 9 nitrogen and oxygen atoms in total. The minimum atomic E-state index is -3.67. The predicted octanol–water partition coefficient (Wildman–Crippen LogP) is 3.50. The number of carbonyl (C=O) groups is 1. The van der Waals surface area contributed by atoms with E-state index in [1.165, 1.54) is 25.5 Å². The molecular weight excluding hydrogens is 422 g/mol. The second kappa shape index (κ2) is 12.1. The van der Waals surface area contributed by atoms with Gasteiger partial charge in [0.25, 0.3) is 10.1 Å². The summed E-state index contributed by atoms with van der Waals surface area (Å²) < 4.78 is 37.2. The Morgan fingerprint density at radius 1 is 1.23 bits per heavy atom. The Morgan fingerprint density at radius 2 is 1.87 bits per heavy atom. The van der Waals surface area contributed by atoms with E-state index in [2.05, 4.69) is 11.9 Å². The molecule has 0 aliphatic rings. The van der Waals surface area contributed by atoms with Crippen molar-refractivity contribution in [3.05, 3.63) is 41.1 Å². The van der Waals surface area contributed by atoms with Gasteiger partial charge in [0, 0.05) is 29.6 Å². The SMILES string of the molecule is CCCCCCc1c(N)cc(Oc2ccc(C(N)=O)cn2)c(OC)c1C.CS(=O)(=O)O. The van der Waals surface area contributed by atoms with Crippen LogP contribution in [0.4, 0.5) is 5.69 Å². The molecule has 0 unspecified atom stereocenters. The first-order valence-corrected chi connectivity index (χ1v) is 11.6. The number of unbranched alkanes of at least 4 members (excludes halogenated alkanes) is 3. The number of pyridine rings is 1. The van der Waals surface area contributed by atoms with Crippen molar-refractivity contribution in [3.8, 4) is 17.4 Å². The zero-order chi connectivity index (χ0) is 23.6. The van der Waals surface area contributed by atoms with Gasteiger partial charge in [-0.05, 0) is 31.4 Å². The van der Waals surface area contributed by atoms with Gasteiger partial charge in [-0.1, -0.05) is 26.2 Å². The Hall–Kier alpha value is -2.85. The number of ether oxygens (including phenoxy) is 2. The first-order valence-electron chi connectivity index (χ1n) is 9.80. The first-order chi connectivity index (χ1) is 14.5. The lowest BCUT2D eigenvalue weighted by atomic mass is 9.98. The van der Waals surface area contributed by atoms with Crippen molar-refractivity contribution >= 4 is 21.7 Å². The van der Waals surface area contributed by atoms with Crippen LogP contribution in [0.5, 0.6) is 17.4 Å². The van der Waals surface area contributed by atoms with E-state index in [-0.39, 0.29) is 0 Å². The third kappa shape index (κ3) is 9.22. The third-order valence-corrected chi connectivity index (χ3v) is 4.37. The van der Waals surface area contributed by atoms with Gasteiger partial charge in [0.1, 0.15) is 0 Å². The fraction of sp³-hybridized carbons (Fsp3) is 0.429. The molecule has 10 heteroatoms. The highest BCUT2D eigenvalue weighted by Gasteiger charge is 2.16. The normalized spacial score (nSPS) is 10.7. The van der Waals surface area contributed by atoms with Crippen LogP contribution < -0.4 is 20.9 Å². The highest BCUT2D eigenvalue weighted by Crippen LogP contribution is 2.39. The monoisotopic (exact) mass is 453 g/mol. The molecule has 1 aromatic heterocycles. The highest BCUT2D eigenvalue weighted by molar-refractivity contribution is 7.85. The summed E-state index contributed by atoms with van der Waals surface area (Å²) >= 11 is 0. The molecule has 0 aliphatic heterocycles. The Balaban J connectivity index is 0.000000861. The maximum Gasteiger partial charge on any atom is 0.261 e. The second-order valence-electron chi connectivity index (χ2n) is 7.00. The van der Waals surface area contributed by atoms with Gasteiger partial charge in [-0.3, -0.25) is 9.35 Å². The zero-order valence-corrected chi connectivity index (χ0v) is 19.2. The molecule has 1 heterocycles. The van der Waals surface area contributed by atoms with Gasteiger partial charge in [-0.25, -0.2) is 4.98 Å². The molecule has 0 atom stereocenters. The van der Waals surface area contributed by atoms with Gasteiger partial charge >= 0.3 is 0 Å². The summed E-state index contributed by atoms with van der Waals surface area (Å²) in [5.74, 6) is 0.946. The van der Waals surface area contributed by atoms with E-state index >= 15 is 0 Å². The number of amides is 1. The molecule has 0 saturated heterocycles. The van der Waals surface area contributed by atoms with Gasteiger partial charge in [0.05, 0.1) is 18.9 Å². The smallest absolute Gasteiger partial charge is 0.261 e. The molecule has 1 amide bonds. The van der Waals surface area contributed by atoms with Crippen LogP contribution in [-0.2, 0) is 16.5 Å². The van der Waals surface area contributed by atoms with Crippen molar-refractivity contribution in [1.82, 2.24) is 4.98 Å². The van der Waals surface area contributed by atoms with E-state index in [9.17, 15) is 13.2 Å². The number of aromatic nitrogens is 1. The quantitative estimate of drug-likeness (QED) is 0.296. The van der Waals surface area contributed by atoms with Crippen molar-refractivity contribution in [2.75, 3.05) is 19.1 Å². The van der Waals surface area contributed by atoms with E-state index in [0.717, 1.165) is 24.0 Å². The van der Waals surface area contributed by atoms with E-state index < -0.39 is 16.0 Å². The largest absolute Gasteiger partial charge is 0.493 e. The van der Waals surface area contributed by atoms with E-state index in [1.807, 2.05) is 6.92 Å². The average Bonchev–Trinajstić information content (AvgIpc) is 2.66. The van der Waals surface area contributed by atoms with Crippen LogP contribution in [0.3, 0.4) is 0 Å². The number of methoxy groups -OCH3 is 1. The molecule has 1 aromatic carbocycles. The highest BCUT2D eigenvalue weighted by atomic mass is 32.2. The first kappa shape index (κ1) is 26.2. The Labute approximate surface area is 183 Å². The molecule has 0 radical (unpaired) electrons. The van der Waals surface area contributed by atoms with Gasteiger partial charge in [-0.15, -0.1) is 0 Å². The molecule has 0 fully saturated rings. The van der Waals surface area contributed by atoms with Crippen molar-refractivity contribution in [3.63, 3.8) is 0 Å². The van der Waals surface area contributed by atoms with E-state index in [1.54, 1.807) is 25.3 Å². The van der Waals surface area contributed by atoms with Crippen LogP contribution in [0.15, 0.2) is 24.4 Å². The van der Waals surface area contributed by atoms with Gasteiger partial charge < -0.3 is 20.9 Å². The summed E-state index contributed by atoms with van der Waals surface area (Å²) in [4.78, 5) is 15.2. The van der Waals surface area contributed by atoms with E-state index in [0.29, 0.717) is 34.9 Å². The molecule has 0 spiro atoms. The molecule has 172 valence electrons. The molecule has 31 heavy (non-hydrogen) atoms. The summed E-state index contributed by atoms with van der Waals surface area (Å²) in [6.07, 6.45) is 7.72. The standard InChI is InChI=1S/C20H27N3O3.CH4O3S/c1-4-5-6-7-8-15-13(2)19(25-3)17(11-16(15)21)26-18-10-9-14(12-23-18)20(22)24;1-5(2,3)4/h9-12H,4-8,21H2,1-3H3,(H2,22,24);1H3,(H,2,3,4). The number of benzene rings is 1. The average molecular weight is 454 g/mol. The van der Waals surface area contributed by atoms with Gasteiger partial charge in [0.15, 0.2) is 11.5 Å². The lowest BCUT2D eigenvalue weighted by molar-refractivity contribution is 0.1000. The number of hydrogen-bond donors (Lipinski definition) is 3. The minimum Gasteiger partial charge on any atom is -0.493 e. The topological polar surface area (TPSA) is 155 Å². The zero-order valence-electron chi connectivity index (χ0n) is 18.3. The van der Waals surface area contributed by atoms with Crippen LogP contribution in [0, 0.1) is 6.92 Å². The van der Waals surface area contributed by atoms with Gasteiger partial charge in [0.2, 0.25) is 11.8 Å². The summed E-state index contributed by atoms with van der Waals surface area (Å²) in [6, 6.07) is 4.92. The number of rotatable bonds is 9. The maximum atomic E-state index is 11.1. The minimum absolute atomic E-state index is 0.322. The summed E-state index contributed by atoms with van der Waals surface area (Å²) in [5, 5.41) is 0. The fourth-order valence-electron chi connectivity index (χ4n) is 2.92. The summed E-state index contributed by atoms with van der Waals surface area (Å²) in [5.41, 5.74) is 14.6. The van der Waals surface area contributed by atoms with Gasteiger partial charge in [-0.2, -0.15) is 8.42 Å². The third-order valence-electron chi connectivity index (χ3n) is 4.37. The number of anilines is 1. The van der Waals surface area contributed by atoms with Crippen molar-refractivity contribution in [1.29, 1.82) is 0 Å². The Kier molecular flexibility index (Phi) is 10.2. The van der Waals surface area contributed by atoms with Crippen LogP contribution in [0.1, 0.15) is 54.1 Å². The number of nitrogens with zero attached hydrogens (tertiary/aromatic N) is 1. The van der Waals surface area contributed by atoms with Crippen LogP contribution >= 0.6 is 0 Å². The van der Waals surface area contributed by atoms with Crippen LogP contribution in [-0.4, -0.2) is 37.2 Å². The molecule has 2 aromatic rings. The van der Waals surface area contributed by atoms with Crippen molar-refractivity contribution in [2.24, 2.45) is 5.73 Å². The Morgan fingerprint density at radius 3 is 2.35 bits per heavy atom.